The highest BCUT2D eigenvalue weighted by molar-refractivity contribution is 5.86. The summed E-state index contributed by atoms with van der Waals surface area (Å²) in [4.78, 5) is 23.2. The lowest BCUT2D eigenvalue weighted by atomic mass is 10.1. The standard InChI is InChI=1S/C14H17N3O3/c1-9-7-10-11(18)3-5-17(6-4-13(19)16-15)14(10)12(8-9)20-2/h3,5,7-8H,4,6,15H2,1-2H3,(H,16,19). The van der Waals surface area contributed by atoms with E-state index in [1.165, 1.54) is 6.07 Å². The van der Waals surface area contributed by atoms with E-state index in [-0.39, 0.29) is 17.8 Å². The molecule has 0 aliphatic carbocycles. The van der Waals surface area contributed by atoms with Crippen molar-refractivity contribution in [3.05, 3.63) is 40.2 Å². The number of nitrogens with zero attached hydrogens (tertiary/aromatic N) is 1. The van der Waals surface area contributed by atoms with E-state index >= 15 is 0 Å². The third-order valence-corrected chi connectivity index (χ3v) is 3.14. The topological polar surface area (TPSA) is 86.3 Å². The molecule has 0 bridgehead atoms. The molecule has 6 heteroatoms. The first-order valence-corrected chi connectivity index (χ1v) is 6.24. The van der Waals surface area contributed by atoms with Crippen LogP contribution in [0.1, 0.15) is 12.0 Å². The summed E-state index contributed by atoms with van der Waals surface area (Å²) in [6, 6.07) is 5.17. The summed E-state index contributed by atoms with van der Waals surface area (Å²) < 4.78 is 7.18. The summed E-state index contributed by atoms with van der Waals surface area (Å²) in [5, 5.41) is 0.581. The Balaban J connectivity index is 2.58. The van der Waals surface area contributed by atoms with Crippen LogP contribution in [0.3, 0.4) is 0 Å². The van der Waals surface area contributed by atoms with Gasteiger partial charge in [0.25, 0.3) is 0 Å². The number of aromatic nitrogens is 1. The zero-order chi connectivity index (χ0) is 14.7. The summed E-state index contributed by atoms with van der Waals surface area (Å²) in [5.41, 5.74) is 3.66. The fourth-order valence-electron chi connectivity index (χ4n) is 2.19. The molecule has 6 nitrogen and oxygen atoms in total. The quantitative estimate of drug-likeness (QED) is 0.488. The molecule has 3 N–H and O–H groups in total. The molecule has 0 aliphatic rings. The van der Waals surface area contributed by atoms with Crippen molar-refractivity contribution in [2.45, 2.75) is 19.9 Å². The van der Waals surface area contributed by atoms with Crippen LogP contribution in [-0.4, -0.2) is 17.6 Å². The van der Waals surface area contributed by atoms with Crippen molar-refractivity contribution in [2.24, 2.45) is 5.84 Å². The minimum absolute atomic E-state index is 0.0680. The van der Waals surface area contributed by atoms with Crippen molar-refractivity contribution >= 4 is 16.8 Å². The van der Waals surface area contributed by atoms with Gasteiger partial charge in [0.05, 0.1) is 12.6 Å². The highest BCUT2D eigenvalue weighted by Gasteiger charge is 2.10. The van der Waals surface area contributed by atoms with E-state index in [1.807, 2.05) is 23.6 Å². The molecule has 0 saturated heterocycles. The molecular weight excluding hydrogens is 258 g/mol. The number of ether oxygens (including phenoxy) is 1. The molecule has 0 saturated carbocycles. The van der Waals surface area contributed by atoms with Crippen molar-refractivity contribution in [2.75, 3.05) is 7.11 Å². The summed E-state index contributed by atoms with van der Waals surface area (Å²) in [5.74, 6) is 5.42. The van der Waals surface area contributed by atoms with Crippen molar-refractivity contribution < 1.29 is 9.53 Å². The van der Waals surface area contributed by atoms with Crippen molar-refractivity contribution in [3.63, 3.8) is 0 Å². The van der Waals surface area contributed by atoms with Crippen LogP contribution in [0.5, 0.6) is 5.75 Å². The Morgan fingerprint density at radius 3 is 2.85 bits per heavy atom. The zero-order valence-electron chi connectivity index (χ0n) is 11.5. The molecule has 0 radical (unpaired) electrons. The van der Waals surface area contributed by atoms with Crippen molar-refractivity contribution in [1.29, 1.82) is 0 Å². The summed E-state index contributed by atoms with van der Waals surface area (Å²) in [7, 11) is 1.56. The summed E-state index contributed by atoms with van der Waals surface area (Å²) >= 11 is 0. The highest BCUT2D eigenvalue weighted by atomic mass is 16.5. The van der Waals surface area contributed by atoms with Crippen LogP contribution < -0.4 is 21.4 Å². The van der Waals surface area contributed by atoms with Crippen LogP contribution in [0.25, 0.3) is 10.9 Å². The SMILES string of the molecule is COc1cc(C)cc2c(=O)ccn(CCC(=O)NN)c12. The minimum Gasteiger partial charge on any atom is -0.495 e. The van der Waals surface area contributed by atoms with Gasteiger partial charge < -0.3 is 9.30 Å². The number of pyridine rings is 1. The highest BCUT2D eigenvalue weighted by Crippen LogP contribution is 2.25. The molecular formula is C14H17N3O3. The Kier molecular flexibility index (Phi) is 4.05. The number of fused-ring (bicyclic) bond motifs is 1. The Morgan fingerprint density at radius 2 is 2.20 bits per heavy atom. The normalized spacial score (nSPS) is 10.6. The number of methoxy groups -OCH3 is 1. The van der Waals surface area contributed by atoms with E-state index in [1.54, 1.807) is 13.3 Å². The maximum absolute atomic E-state index is 12.0. The van der Waals surface area contributed by atoms with Gasteiger partial charge in [0.2, 0.25) is 5.91 Å². The fraction of sp³-hybridized carbons (Fsp3) is 0.286. The van der Waals surface area contributed by atoms with Gasteiger partial charge in [0, 0.05) is 30.6 Å². The smallest absolute Gasteiger partial charge is 0.235 e. The predicted octanol–water partition coefficient (Wildman–Crippen LogP) is 0.699. The number of aryl methyl sites for hydroxylation is 2. The second kappa shape index (κ2) is 5.75. The second-order valence-corrected chi connectivity index (χ2v) is 4.55. The van der Waals surface area contributed by atoms with E-state index in [0.29, 0.717) is 23.2 Å². The van der Waals surface area contributed by atoms with Crippen LogP contribution >= 0.6 is 0 Å². The van der Waals surface area contributed by atoms with Gasteiger partial charge >= 0.3 is 0 Å². The first-order valence-electron chi connectivity index (χ1n) is 6.24. The van der Waals surface area contributed by atoms with Crippen LogP contribution in [0.15, 0.2) is 29.2 Å². The molecule has 1 aromatic carbocycles. The van der Waals surface area contributed by atoms with Crippen molar-refractivity contribution in [3.8, 4) is 5.75 Å². The average Bonchev–Trinajstić information content (AvgIpc) is 2.45. The summed E-state index contributed by atoms with van der Waals surface area (Å²) in [6.07, 6.45) is 1.89. The molecule has 0 unspecified atom stereocenters. The predicted molar refractivity (Wildman–Crippen MR) is 76.4 cm³/mol. The maximum atomic E-state index is 12.0. The number of carbonyl (C=O) groups is 1. The fourth-order valence-corrected chi connectivity index (χ4v) is 2.19. The van der Waals surface area contributed by atoms with Gasteiger partial charge in [0.15, 0.2) is 5.43 Å². The van der Waals surface area contributed by atoms with Gasteiger partial charge in [-0.2, -0.15) is 0 Å². The molecule has 106 valence electrons. The number of hydrogen-bond donors (Lipinski definition) is 2. The molecule has 2 aromatic rings. The Hall–Kier alpha value is -2.34. The van der Waals surface area contributed by atoms with Crippen LogP contribution in [0.2, 0.25) is 0 Å². The van der Waals surface area contributed by atoms with Gasteiger partial charge in [-0.1, -0.05) is 0 Å². The molecule has 20 heavy (non-hydrogen) atoms. The van der Waals surface area contributed by atoms with Gasteiger partial charge in [0.1, 0.15) is 5.75 Å². The van der Waals surface area contributed by atoms with Gasteiger partial charge in [-0.3, -0.25) is 15.0 Å². The third-order valence-electron chi connectivity index (χ3n) is 3.14. The average molecular weight is 275 g/mol. The first kappa shape index (κ1) is 14.1. The molecule has 2 rings (SSSR count). The third kappa shape index (κ3) is 2.65. The zero-order valence-corrected chi connectivity index (χ0v) is 11.5. The van der Waals surface area contributed by atoms with Crippen LogP contribution in [-0.2, 0) is 11.3 Å². The van der Waals surface area contributed by atoms with Gasteiger partial charge in [-0.05, 0) is 24.6 Å². The number of benzene rings is 1. The van der Waals surface area contributed by atoms with E-state index in [9.17, 15) is 9.59 Å². The van der Waals surface area contributed by atoms with E-state index < -0.39 is 0 Å². The summed E-state index contributed by atoms with van der Waals surface area (Å²) in [6.45, 7) is 2.32. The Morgan fingerprint density at radius 1 is 1.45 bits per heavy atom. The first-order chi connectivity index (χ1) is 9.56. The van der Waals surface area contributed by atoms with Gasteiger partial charge in [-0.25, -0.2) is 5.84 Å². The number of rotatable bonds is 4. The van der Waals surface area contributed by atoms with E-state index in [0.717, 1.165) is 5.56 Å². The lowest BCUT2D eigenvalue weighted by molar-refractivity contribution is -0.121. The van der Waals surface area contributed by atoms with Gasteiger partial charge in [-0.15, -0.1) is 0 Å². The lowest BCUT2D eigenvalue weighted by Gasteiger charge is -2.14. The maximum Gasteiger partial charge on any atom is 0.235 e. The molecule has 0 spiro atoms. The molecule has 0 atom stereocenters. The van der Waals surface area contributed by atoms with Crippen molar-refractivity contribution in [1.82, 2.24) is 9.99 Å². The van der Waals surface area contributed by atoms with Crippen LogP contribution in [0, 0.1) is 6.92 Å². The Bertz CT molecular complexity index is 707. The molecule has 1 amide bonds. The largest absolute Gasteiger partial charge is 0.495 e. The minimum atomic E-state index is -0.261. The molecule has 1 heterocycles. The number of hydrogen-bond acceptors (Lipinski definition) is 4. The number of nitrogens with one attached hydrogen (secondary N) is 1. The second-order valence-electron chi connectivity index (χ2n) is 4.55. The number of carbonyl (C=O) groups excluding carboxylic acids is 1. The van der Waals surface area contributed by atoms with Crippen LogP contribution in [0.4, 0.5) is 0 Å². The number of nitrogens with two attached hydrogens (primary N) is 1. The monoisotopic (exact) mass is 275 g/mol. The number of hydrazine groups is 1. The number of amides is 1. The lowest BCUT2D eigenvalue weighted by Crippen LogP contribution is -2.30. The van der Waals surface area contributed by atoms with E-state index in [2.05, 4.69) is 5.43 Å². The van der Waals surface area contributed by atoms with E-state index in [4.69, 9.17) is 10.6 Å². The molecule has 1 aromatic heterocycles. The molecule has 0 aliphatic heterocycles. The Labute approximate surface area is 116 Å². The molecule has 0 fully saturated rings.